The van der Waals surface area contributed by atoms with Crippen molar-refractivity contribution >= 4 is 29.2 Å². The molecule has 29 heavy (non-hydrogen) atoms. The maximum atomic E-state index is 12.8. The van der Waals surface area contributed by atoms with E-state index in [1.807, 2.05) is 42.5 Å². The predicted molar refractivity (Wildman–Crippen MR) is 110 cm³/mol. The molecule has 2 aliphatic rings. The molecule has 4 rings (SSSR count). The number of benzene rings is 2. The van der Waals surface area contributed by atoms with E-state index in [2.05, 4.69) is 5.32 Å². The van der Waals surface area contributed by atoms with Gasteiger partial charge in [0.05, 0.1) is 16.8 Å². The highest BCUT2D eigenvalue weighted by Gasteiger charge is 2.47. The van der Waals surface area contributed by atoms with Gasteiger partial charge >= 0.3 is 5.97 Å². The molecule has 0 spiro atoms. The second-order valence-corrected chi connectivity index (χ2v) is 7.59. The van der Waals surface area contributed by atoms with Crippen LogP contribution >= 0.6 is 0 Å². The van der Waals surface area contributed by atoms with E-state index in [1.54, 1.807) is 17.0 Å². The number of carbonyl (C=O) groups excluding carboxylic acids is 3. The normalized spacial score (nSPS) is 17.5. The largest absolute Gasteiger partial charge is 0.455 e. The monoisotopic (exact) mass is 392 g/mol. The van der Waals surface area contributed by atoms with Crippen molar-refractivity contribution in [3.63, 3.8) is 0 Å². The summed E-state index contributed by atoms with van der Waals surface area (Å²) in [4.78, 5) is 38.9. The molecule has 0 atom stereocenters. The van der Waals surface area contributed by atoms with Gasteiger partial charge in [-0.05, 0) is 37.0 Å². The number of hydrogen-bond donors (Lipinski definition) is 1. The lowest BCUT2D eigenvalue weighted by Crippen LogP contribution is -2.44. The molecule has 1 heterocycles. The molecule has 150 valence electrons. The van der Waals surface area contributed by atoms with Gasteiger partial charge in [0.1, 0.15) is 0 Å². The van der Waals surface area contributed by atoms with Crippen molar-refractivity contribution in [1.29, 1.82) is 0 Å². The molecule has 2 aromatic carbocycles. The van der Waals surface area contributed by atoms with E-state index in [-0.39, 0.29) is 18.5 Å². The molecule has 0 bridgehead atoms. The van der Waals surface area contributed by atoms with E-state index in [0.717, 1.165) is 31.2 Å². The van der Waals surface area contributed by atoms with Crippen molar-refractivity contribution in [1.82, 2.24) is 0 Å². The Morgan fingerprint density at radius 3 is 2.38 bits per heavy atom. The second-order valence-electron chi connectivity index (χ2n) is 7.59. The SMILES string of the molecule is O=C(COC(=O)C1(c2ccccc2)CCC1)Nc1ccccc1N1CCCC1=O. The molecule has 2 aromatic rings. The number of carbonyl (C=O) groups is 3. The molecule has 0 aromatic heterocycles. The van der Waals surface area contributed by atoms with Crippen LogP contribution in [0, 0.1) is 0 Å². The Balaban J connectivity index is 1.40. The van der Waals surface area contributed by atoms with Crippen LogP contribution in [0.4, 0.5) is 11.4 Å². The molecule has 6 heteroatoms. The minimum atomic E-state index is -0.637. The molecular formula is C23H24N2O4. The Labute approximate surface area is 169 Å². The third kappa shape index (κ3) is 3.75. The second kappa shape index (κ2) is 8.07. The van der Waals surface area contributed by atoms with Gasteiger partial charge in [-0.2, -0.15) is 0 Å². The molecule has 0 unspecified atom stereocenters. The van der Waals surface area contributed by atoms with Crippen LogP contribution in [-0.4, -0.2) is 30.9 Å². The highest BCUT2D eigenvalue weighted by atomic mass is 16.5. The Kier molecular flexibility index (Phi) is 5.34. The molecule has 1 saturated carbocycles. The van der Waals surface area contributed by atoms with Crippen molar-refractivity contribution in [2.24, 2.45) is 0 Å². The van der Waals surface area contributed by atoms with Crippen molar-refractivity contribution in [3.8, 4) is 0 Å². The average Bonchev–Trinajstić information content (AvgIpc) is 3.12. The van der Waals surface area contributed by atoms with Gasteiger partial charge in [-0.15, -0.1) is 0 Å². The Bertz CT molecular complexity index is 921. The van der Waals surface area contributed by atoms with Crippen LogP contribution in [0.25, 0.3) is 0 Å². The van der Waals surface area contributed by atoms with E-state index >= 15 is 0 Å². The van der Waals surface area contributed by atoms with Gasteiger partial charge in [0, 0.05) is 13.0 Å². The zero-order chi connectivity index (χ0) is 20.3. The number of para-hydroxylation sites is 2. The van der Waals surface area contributed by atoms with E-state index in [4.69, 9.17) is 4.74 Å². The fraction of sp³-hybridized carbons (Fsp3) is 0.348. The average molecular weight is 392 g/mol. The number of nitrogens with zero attached hydrogens (tertiary/aromatic N) is 1. The topological polar surface area (TPSA) is 75.7 Å². The van der Waals surface area contributed by atoms with Crippen LogP contribution < -0.4 is 10.2 Å². The zero-order valence-corrected chi connectivity index (χ0v) is 16.2. The van der Waals surface area contributed by atoms with Crippen LogP contribution in [0.1, 0.15) is 37.7 Å². The zero-order valence-electron chi connectivity index (χ0n) is 16.2. The van der Waals surface area contributed by atoms with Gasteiger partial charge in [0.25, 0.3) is 5.91 Å². The van der Waals surface area contributed by atoms with Crippen LogP contribution in [0.2, 0.25) is 0 Å². The summed E-state index contributed by atoms with van der Waals surface area (Å²) in [5, 5.41) is 2.78. The van der Waals surface area contributed by atoms with Gasteiger partial charge in [0.2, 0.25) is 5.91 Å². The highest BCUT2D eigenvalue weighted by Crippen LogP contribution is 2.44. The van der Waals surface area contributed by atoms with Crippen LogP contribution in [0.3, 0.4) is 0 Å². The number of anilines is 2. The third-order valence-electron chi connectivity index (χ3n) is 5.80. The standard InChI is InChI=1S/C23H24N2O4/c26-20(24-18-10-4-5-11-19(18)25-15-6-12-21(25)27)16-29-22(28)23(13-7-14-23)17-8-2-1-3-9-17/h1-5,8-11H,6-7,12-16H2,(H,24,26). The summed E-state index contributed by atoms with van der Waals surface area (Å²) in [5.74, 6) is -0.721. The summed E-state index contributed by atoms with van der Waals surface area (Å²) in [6, 6.07) is 16.8. The first-order valence-corrected chi connectivity index (χ1v) is 10.0. The van der Waals surface area contributed by atoms with Crippen LogP contribution in [-0.2, 0) is 24.5 Å². The molecule has 6 nitrogen and oxygen atoms in total. The number of ether oxygens (including phenoxy) is 1. The fourth-order valence-electron chi connectivity index (χ4n) is 4.07. The molecule has 2 amide bonds. The molecule has 1 aliphatic carbocycles. The van der Waals surface area contributed by atoms with Gasteiger partial charge in [-0.25, -0.2) is 0 Å². The molecule has 1 aliphatic heterocycles. The van der Waals surface area contributed by atoms with Gasteiger partial charge in [0.15, 0.2) is 6.61 Å². The lowest BCUT2D eigenvalue weighted by atomic mass is 9.64. The Hall–Kier alpha value is -3.15. The lowest BCUT2D eigenvalue weighted by Gasteiger charge is -2.39. The lowest BCUT2D eigenvalue weighted by molar-refractivity contribution is -0.156. The number of rotatable bonds is 6. The molecular weight excluding hydrogens is 368 g/mol. The molecule has 0 radical (unpaired) electrons. The number of nitrogens with one attached hydrogen (secondary N) is 1. The Morgan fingerprint density at radius 1 is 1.00 bits per heavy atom. The van der Waals surface area contributed by atoms with E-state index in [9.17, 15) is 14.4 Å². The van der Waals surface area contributed by atoms with Crippen molar-refractivity contribution in [2.45, 2.75) is 37.5 Å². The van der Waals surface area contributed by atoms with Crippen LogP contribution in [0.5, 0.6) is 0 Å². The van der Waals surface area contributed by atoms with Crippen molar-refractivity contribution in [3.05, 3.63) is 60.2 Å². The first kappa shape index (κ1) is 19.2. The van der Waals surface area contributed by atoms with Crippen LogP contribution in [0.15, 0.2) is 54.6 Å². The van der Waals surface area contributed by atoms with Gasteiger partial charge < -0.3 is 15.0 Å². The summed E-state index contributed by atoms with van der Waals surface area (Å²) in [5.41, 5.74) is 1.52. The van der Waals surface area contributed by atoms with Gasteiger partial charge in [-0.1, -0.05) is 48.9 Å². The first-order chi connectivity index (χ1) is 14.1. The predicted octanol–water partition coefficient (Wildman–Crippen LogP) is 3.42. The quantitative estimate of drug-likeness (QED) is 0.765. The van der Waals surface area contributed by atoms with Crippen molar-refractivity contribution in [2.75, 3.05) is 23.4 Å². The van der Waals surface area contributed by atoms with E-state index in [0.29, 0.717) is 24.3 Å². The first-order valence-electron chi connectivity index (χ1n) is 10.0. The number of hydrogen-bond acceptors (Lipinski definition) is 4. The summed E-state index contributed by atoms with van der Waals surface area (Å²) in [6.45, 7) is 0.288. The molecule has 2 fully saturated rings. The minimum absolute atomic E-state index is 0.0490. The summed E-state index contributed by atoms with van der Waals surface area (Å²) in [7, 11) is 0. The van der Waals surface area contributed by atoms with E-state index < -0.39 is 11.3 Å². The summed E-state index contributed by atoms with van der Waals surface area (Å²) in [6.07, 6.45) is 3.75. The number of esters is 1. The number of amides is 2. The fourth-order valence-corrected chi connectivity index (χ4v) is 4.07. The van der Waals surface area contributed by atoms with Gasteiger partial charge in [-0.3, -0.25) is 14.4 Å². The van der Waals surface area contributed by atoms with Crippen molar-refractivity contribution < 1.29 is 19.1 Å². The maximum Gasteiger partial charge on any atom is 0.317 e. The molecule has 1 saturated heterocycles. The molecule has 1 N–H and O–H groups in total. The van der Waals surface area contributed by atoms with E-state index in [1.165, 1.54) is 0 Å². The smallest absolute Gasteiger partial charge is 0.317 e. The highest BCUT2D eigenvalue weighted by molar-refractivity contribution is 6.02. The minimum Gasteiger partial charge on any atom is -0.455 e. The Morgan fingerprint density at radius 2 is 1.72 bits per heavy atom. The summed E-state index contributed by atoms with van der Waals surface area (Å²) >= 11 is 0. The maximum absolute atomic E-state index is 12.8. The third-order valence-corrected chi connectivity index (χ3v) is 5.80. The summed E-state index contributed by atoms with van der Waals surface area (Å²) < 4.78 is 5.39.